The molecule has 0 aromatic heterocycles. The Hall–Kier alpha value is -1.96. The molecule has 2 atom stereocenters. The molecule has 26 heavy (non-hydrogen) atoms. The predicted molar refractivity (Wildman–Crippen MR) is 82.5 cm³/mol. The molecule has 3 rings (SSSR count). The van der Waals surface area contributed by atoms with Gasteiger partial charge in [-0.05, 0) is 33.3 Å². The summed E-state index contributed by atoms with van der Waals surface area (Å²) in [4.78, 5) is 48.8. The number of carbonyl (C=O) groups excluding carboxylic acids is 4. The van der Waals surface area contributed by atoms with Crippen LogP contribution in [0.3, 0.4) is 0 Å². The minimum atomic E-state index is -1.65. The fraction of sp³-hybridized carbons (Fsp3) is 0.333. The maximum Gasteiger partial charge on any atom is 1.00 e. The van der Waals surface area contributed by atoms with Crippen molar-refractivity contribution < 1.29 is 63.7 Å². The van der Waals surface area contributed by atoms with Crippen molar-refractivity contribution in [1.82, 2.24) is 0 Å². The third-order valence-electron chi connectivity index (χ3n) is 4.89. The number of fused-ring (bicyclic) bond motifs is 3. The Balaban J connectivity index is 0.00000243. The van der Waals surface area contributed by atoms with Crippen LogP contribution in [0.15, 0.2) is 11.8 Å². The third kappa shape index (κ3) is 2.38. The molecule has 1 aliphatic heterocycles. The van der Waals surface area contributed by atoms with E-state index >= 15 is 0 Å². The second-order valence-corrected chi connectivity index (χ2v) is 6.48. The van der Waals surface area contributed by atoms with Gasteiger partial charge in [-0.15, -0.1) is 0 Å². The number of phenolic OH excluding ortho intramolecular Hbond substituents is 1. The molecule has 0 spiro atoms. The summed E-state index contributed by atoms with van der Waals surface area (Å²) in [6.45, 7) is 5.03. The van der Waals surface area contributed by atoms with Crippen molar-refractivity contribution in [3.8, 4) is 17.2 Å². The summed E-state index contributed by atoms with van der Waals surface area (Å²) in [5.41, 5.74) is -2.09. The van der Waals surface area contributed by atoms with Crippen molar-refractivity contribution in [2.45, 2.75) is 33.1 Å². The van der Waals surface area contributed by atoms with E-state index in [9.17, 15) is 29.4 Å². The summed E-state index contributed by atoms with van der Waals surface area (Å²) in [6.07, 6.45) is 1.02. The smallest absolute Gasteiger partial charge is 0.872 e. The standard InChI is InChI=1S/C18H16O7.Na/c1-6-14(22)12(8(3)20)16-13(15(6)23)18(4)10(25-16)5-9(21)11(7(2)19)17(18)24;/h5,11,22-23H,1-4H3;/q;+1/p-1. The molecule has 0 saturated carbocycles. The van der Waals surface area contributed by atoms with Crippen LogP contribution in [0.4, 0.5) is 0 Å². The SMILES string of the molecule is CC(=O)c1c(O)c(C)c([O-])c2c1OC1=CC(=O)C(C(C)=O)C(=O)C12C.[Na+]. The average molecular weight is 366 g/mol. The van der Waals surface area contributed by atoms with Crippen molar-refractivity contribution in [3.05, 3.63) is 28.5 Å². The number of ketones is 4. The second kappa shape index (κ2) is 6.33. The Morgan fingerprint density at radius 3 is 2.35 bits per heavy atom. The summed E-state index contributed by atoms with van der Waals surface area (Å²) >= 11 is 0. The van der Waals surface area contributed by atoms with E-state index in [0.717, 1.165) is 13.0 Å². The Morgan fingerprint density at radius 1 is 1.27 bits per heavy atom. The van der Waals surface area contributed by atoms with Gasteiger partial charge >= 0.3 is 29.6 Å². The van der Waals surface area contributed by atoms with Gasteiger partial charge in [-0.1, -0.05) is 5.75 Å². The number of allylic oxidation sites excluding steroid dienone is 2. The van der Waals surface area contributed by atoms with Crippen LogP contribution >= 0.6 is 0 Å². The minimum absolute atomic E-state index is 0. The van der Waals surface area contributed by atoms with Crippen LogP contribution < -0.4 is 39.4 Å². The number of rotatable bonds is 2. The first kappa shape index (κ1) is 20.4. The van der Waals surface area contributed by atoms with E-state index in [2.05, 4.69) is 0 Å². The van der Waals surface area contributed by atoms with E-state index < -0.39 is 46.0 Å². The summed E-state index contributed by atoms with van der Waals surface area (Å²) in [5, 5.41) is 22.9. The monoisotopic (exact) mass is 366 g/mol. The van der Waals surface area contributed by atoms with Gasteiger partial charge in [0.05, 0.1) is 0 Å². The number of benzene rings is 1. The van der Waals surface area contributed by atoms with Crippen LogP contribution in [0, 0.1) is 12.8 Å². The normalized spacial score (nSPS) is 23.4. The molecule has 1 aromatic rings. The van der Waals surface area contributed by atoms with E-state index in [1.54, 1.807) is 0 Å². The largest absolute Gasteiger partial charge is 1.00 e. The molecule has 7 nitrogen and oxygen atoms in total. The molecular formula is C18H15NaO7. The van der Waals surface area contributed by atoms with Crippen molar-refractivity contribution in [2.24, 2.45) is 5.92 Å². The van der Waals surface area contributed by atoms with E-state index in [1.165, 1.54) is 20.8 Å². The van der Waals surface area contributed by atoms with Gasteiger partial charge < -0.3 is 14.9 Å². The number of carbonyl (C=O) groups is 4. The van der Waals surface area contributed by atoms with Crippen LogP contribution in [0.25, 0.3) is 0 Å². The molecule has 1 heterocycles. The molecule has 1 aromatic carbocycles. The number of Topliss-reactive ketones (excluding diaryl/α,β-unsaturated/α-hetero) is 3. The Morgan fingerprint density at radius 2 is 1.85 bits per heavy atom. The maximum absolute atomic E-state index is 12.9. The summed E-state index contributed by atoms with van der Waals surface area (Å²) in [5.74, 6) is -5.70. The molecule has 2 aliphatic rings. The van der Waals surface area contributed by atoms with Gasteiger partial charge in [-0.2, -0.15) is 0 Å². The van der Waals surface area contributed by atoms with E-state index in [-0.39, 0.29) is 57.8 Å². The number of aromatic hydroxyl groups is 1. The van der Waals surface area contributed by atoms with E-state index in [4.69, 9.17) is 4.74 Å². The first-order valence-corrected chi connectivity index (χ1v) is 7.60. The zero-order valence-corrected chi connectivity index (χ0v) is 17.1. The fourth-order valence-corrected chi connectivity index (χ4v) is 3.47. The molecule has 0 fully saturated rings. The van der Waals surface area contributed by atoms with Crippen LogP contribution in [0.1, 0.15) is 42.3 Å². The van der Waals surface area contributed by atoms with Crippen molar-refractivity contribution in [3.63, 3.8) is 0 Å². The summed E-state index contributed by atoms with van der Waals surface area (Å²) in [7, 11) is 0. The molecule has 0 bridgehead atoms. The van der Waals surface area contributed by atoms with Gasteiger partial charge in [0, 0.05) is 11.6 Å². The second-order valence-electron chi connectivity index (χ2n) is 6.48. The average Bonchev–Trinajstić information content (AvgIpc) is 2.78. The van der Waals surface area contributed by atoms with Gasteiger partial charge in [0.2, 0.25) is 0 Å². The Labute approximate surface area is 171 Å². The van der Waals surface area contributed by atoms with Gasteiger partial charge in [0.25, 0.3) is 0 Å². The van der Waals surface area contributed by atoms with E-state index in [1.807, 2.05) is 0 Å². The minimum Gasteiger partial charge on any atom is -0.872 e. The third-order valence-corrected chi connectivity index (χ3v) is 4.89. The quantitative estimate of drug-likeness (QED) is 0.361. The van der Waals surface area contributed by atoms with Gasteiger partial charge in [-0.3, -0.25) is 19.2 Å². The number of ether oxygens (including phenoxy) is 1. The molecule has 8 heteroatoms. The Kier molecular flexibility index (Phi) is 4.96. The van der Waals surface area contributed by atoms with Gasteiger partial charge in [-0.25, -0.2) is 0 Å². The summed E-state index contributed by atoms with van der Waals surface area (Å²) < 4.78 is 5.52. The first-order valence-electron chi connectivity index (χ1n) is 7.60. The van der Waals surface area contributed by atoms with Crippen LogP contribution in [0.2, 0.25) is 0 Å². The predicted octanol–water partition coefficient (Wildman–Crippen LogP) is -2.13. The molecule has 1 N–H and O–H groups in total. The summed E-state index contributed by atoms with van der Waals surface area (Å²) in [6, 6.07) is 0. The van der Waals surface area contributed by atoms with Crippen LogP contribution in [0.5, 0.6) is 17.2 Å². The van der Waals surface area contributed by atoms with Crippen molar-refractivity contribution >= 4 is 23.1 Å². The topological polar surface area (TPSA) is 121 Å². The van der Waals surface area contributed by atoms with Gasteiger partial charge in [0.1, 0.15) is 39.9 Å². The van der Waals surface area contributed by atoms with Crippen molar-refractivity contribution in [1.29, 1.82) is 0 Å². The number of phenols is 1. The first-order chi connectivity index (χ1) is 11.5. The maximum atomic E-state index is 12.9. The molecule has 0 amide bonds. The fourth-order valence-electron chi connectivity index (χ4n) is 3.47. The van der Waals surface area contributed by atoms with Gasteiger partial charge in [0.15, 0.2) is 17.3 Å². The van der Waals surface area contributed by atoms with Crippen LogP contribution in [-0.2, 0) is 19.8 Å². The zero-order valence-electron chi connectivity index (χ0n) is 15.1. The molecule has 130 valence electrons. The number of hydrogen-bond acceptors (Lipinski definition) is 7. The molecular weight excluding hydrogens is 351 g/mol. The molecule has 2 unspecified atom stereocenters. The zero-order chi connectivity index (χ0) is 18.8. The van der Waals surface area contributed by atoms with Crippen molar-refractivity contribution in [2.75, 3.05) is 0 Å². The van der Waals surface area contributed by atoms with E-state index in [0.29, 0.717) is 0 Å². The molecule has 0 saturated heterocycles. The molecule has 1 aliphatic carbocycles. The van der Waals surface area contributed by atoms with Crippen LogP contribution in [-0.4, -0.2) is 28.2 Å². The molecule has 0 radical (unpaired) electrons. The Bertz CT molecular complexity index is 928. The number of hydrogen-bond donors (Lipinski definition) is 1.